The average Bonchev–Trinajstić information content (AvgIpc) is 2.19. The van der Waals surface area contributed by atoms with Crippen LogP contribution in [0.25, 0.3) is 0 Å². The highest BCUT2D eigenvalue weighted by Gasteiger charge is 2.00. The lowest BCUT2D eigenvalue weighted by atomic mass is 10.1. The second kappa shape index (κ2) is 4.45. The highest BCUT2D eigenvalue weighted by atomic mass is 16.1. The summed E-state index contributed by atoms with van der Waals surface area (Å²) in [5.74, 6) is 0.0347. The minimum absolute atomic E-state index is 0.0347. The Hall–Kier alpha value is -1.57. The van der Waals surface area contributed by atoms with Crippen molar-refractivity contribution in [1.29, 1.82) is 0 Å². The van der Waals surface area contributed by atoms with E-state index in [1.807, 2.05) is 37.3 Å². The summed E-state index contributed by atoms with van der Waals surface area (Å²) in [6, 6.07) is 9.22. The molecule has 0 unspecified atom stereocenters. The Morgan fingerprint density at radius 1 is 1.31 bits per heavy atom. The van der Waals surface area contributed by atoms with Crippen LogP contribution in [0.2, 0.25) is 0 Å². The SMILES string of the molecule is CNC(C)=CC(=O)c1ccccc1. The zero-order valence-corrected chi connectivity index (χ0v) is 7.87. The van der Waals surface area contributed by atoms with Gasteiger partial charge in [0, 0.05) is 24.4 Å². The molecule has 0 heterocycles. The number of rotatable bonds is 3. The topological polar surface area (TPSA) is 29.1 Å². The number of carbonyl (C=O) groups excluding carboxylic acids is 1. The first-order chi connectivity index (χ1) is 6.24. The Bertz CT molecular complexity index is 314. The Morgan fingerprint density at radius 3 is 2.46 bits per heavy atom. The molecule has 0 bridgehead atoms. The van der Waals surface area contributed by atoms with E-state index in [-0.39, 0.29) is 5.78 Å². The highest BCUT2D eigenvalue weighted by molar-refractivity contribution is 6.04. The average molecular weight is 175 g/mol. The summed E-state index contributed by atoms with van der Waals surface area (Å²) in [6.45, 7) is 1.86. The maximum absolute atomic E-state index is 11.5. The first kappa shape index (κ1) is 9.52. The second-order valence-corrected chi connectivity index (χ2v) is 2.81. The molecule has 13 heavy (non-hydrogen) atoms. The van der Waals surface area contributed by atoms with Crippen LogP contribution in [-0.2, 0) is 0 Å². The van der Waals surface area contributed by atoms with Gasteiger partial charge in [-0.1, -0.05) is 30.3 Å². The van der Waals surface area contributed by atoms with Crippen LogP contribution in [-0.4, -0.2) is 12.8 Å². The summed E-state index contributed by atoms with van der Waals surface area (Å²) in [5.41, 5.74) is 1.59. The molecule has 1 aromatic carbocycles. The molecule has 1 aromatic rings. The van der Waals surface area contributed by atoms with E-state index in [0.717, 1.165) is 11.3 Å². The minimum Gasteiger partial charge on any atom is -0.392 e. The van der Waals surface area contributed by atoms with Crippen LogP contribution in [0.1, 0.15) is 17.3 Å². The number of benzene rings is 1. The predicted octanol–water partition coefficient (Wildman–Crippen LogP) is 1.99. The number of hydrogen-bond donors (Lipinski definition) is 1. The van der Waals surface area contributed by atoms with Crippen molar-refractivity contribution in [2.75, 3.05) is 7.05 Å². The van der Waals surface area contributed by atoms with Gasteiger partial charge in [-0.15, -0.1) is 0 Å². The van der Waals surface area contributed by atoms with Gasteiger partial charge in [-0.2, -0.15) is 0 Å². The lowest BCUT2D eigenvalue weighted by Gasteiger charge is -1.98. The van der Waals surface area contributed by atoms with Crippen LogP contribution >= 0.6 is 0 Å². The van der Waals surface area contributed by atoms with Crippen molar-refractivity contribution in [3.8, 4) is 0 Å². The number of allylic oxidation sites excluding steroid dienone is 2. The van der Waals surface area contributed by atoms with E-state index >= 15 is 0 Å². The molecule has 0 aliphatic rings. The molecule has 0 aliphatic carbocycles. The molecule has 0 fully saturated rings. The fourth-order valence-corrected chi connectivity index (χ4v) is 0.955. The molecule has 0 aliphatic heterocycles. The number of carbonyl (C=O) groups is 1. The molecule has 0 aromatic heterocycles. The lowest BCUT2D eigenvalue weighted by Crippen LogP contribution is -2.05. The molecule has 0 saturated carbocycles. The molecular weight excluding hydrogens is 162 g/mol. The van der Waals surface area contributed by atoms with Crippen molar-refractivity contribution in [2.24, 2.45) is 0 Å². The largest absolute Gasteiger partial charge is 0.392 e. The van der Waals surface area contributed by atoms with Crippen molar-refractivity contribution in [2.45, 2.75) is 6.92 Å². The fraction of sp³-hybridized carbons (Fsp3) is 0.182. The maximum Gasteiger partial charge on any atom is 0.187 e. The van der Waals surface area contributed by atoms with Crippen LogP contribution in [0, 0.1) is 0 Å². The van der Waals surface area contributed by atoms with Gasteiger partial charge in [0.25, 0.3) is 0 Å². The molecule has 1 rings (SSSR count). The van der Waals surface area contributed by atoms with Gasteiger partial charge < -0.3 is 5.32 Å². The van der Waals surface area contributed by atoms with Crippen molar-refractivity contribution < 1.29 is 4.79 Å². The van der Waals surface area contributed by atoms with E-state index in [9.17, 15) is 4.79 Å². The van der Waals surface area contributed by atoms with Gasteiger partial charge in [0.15, 0.2) is 5.78 Å². The third-order valence-corrected chi connectivity index (χ3v) is 1.80. The number of nitrogens with one attached hydrogen (secondary N) is 1. The van der Waals surface area contributed by atoms with Gasteiger partial charge in [-0.25, -0.2) is 0 Å². The van der Waals surface area contributed by atoms with Gasteiger partial charge in [0.1, 0.15) is 0 Å². The smallest absolute Gasteiger partial charge is 0.187 e. The first-order valence-corrected chi connectivity index (χ1v) is 4.19. The van der Waals surface area contributed by atoms with Gasteiger partial charge in [0.05, 0.1) is 0 Å². The van der Waals surface area contributed by atoms with Crippen molar-refractivity contribution in [3.05, 3.63) is 47.7 Å². The maximum atomic E-state index is 11.5. The molecular formula is C11H13NO. The molecule has 1 N–H and O–H groups in total. The molecule has 0 saturated heterocycles. The second-order valence-electron chi connectivity index (χ2n) is 2.81. The summed E-state index contributed by atoms with van der Waals surface area (Å²) in [5, 5.41) is 2.91. The molecule has 2 heteroatoms. The molecule has 68 valence electrons. The van der Waals surface area contributed by atoms with Crippen LogP contribution in [0.5, 0.6) is 0 Å². The molecule has 0 atom stereocenters. The van der Waals surface area contributed by atoms with Gasteiger partial charge >= 0.3 is 0 Å². The summed E-state index contributed by atoms with van der Waals surface area (Å²) >= 11 is 0. The minimum atomic E-state index is 0.0347. The summed E-state index contributed by atoms with van der Waals surface area (Å²) < 4.78 is 0. The third-order valence-electron chi connectivity index (χ3n) is 1.80. The van der Waals surface area contributed by atoms with E-state index in [1.54, 1.807) is 13.1 Å². The number of hydrogen-bond acceptors (Lipinski definition) is 2. The summed E-state index contributed by atoms with van der Waals surface area (Å²) in [7, 11) is 1.80. The van der Waals surface area contributed by atoms with Gasteiger partial charge in [-0.05, 0) is 6.92 Å². The van der Waals surface area contributed by atoms with Crippen LogP contribution < -0.4 is 5.32 Å². The van der Waals surface area contributed by atoms with Crippen LogP contribution in [0.15, 0.2) is 42.1 Å². The Kier molecular flexibility index (Phi) is 3.26. The zero-order valence-electron chi connectivity index (χ0n) is 7.87. The van der Waals surface area contributed by atoms with E-state index < -0.39 is 0 Å². The summed E-state index contributed by atoms with van der Waals surface area (Å²) in [4.78, 5) is 11.5. The zero-order chi connectivity index (χ0) is 9.68. The molecule has 0 amide bonds. The first-order valence-electron chi connectivity index (χ1n) is 4.19. The van der Waals surface area contributed by atoms with Crippen LogP contribution in [0.4, 0.5) is 0 Å². The monoisotopic (exact) mass is 175 g/mol. The number of ketones is 1. The predicted molar refractivity (Wildman–Crippen MR) is 53.6 cm³/mol. The van der Waals surface area contributed by atoms with Crippen molar-refractivity contribution in [1.82, 2.24) is 5.32 Å². The third kappa shape index (κ3) is 2.75. The standard InChI is InChI=1S/C11H13NO/c1-9(12-2)8-11(13)10-6-4-3-5-7-10/h3-8,12H,1-2H3. The van der Waals surface area contributed by atoms with Crippen molar-refractivity contribution >= 4 is 5.78 Å². The molecule has 0 radical (unpaired) electrons. The van der Waals surface area contributed by atoms with E-state index in [0.29, 0.717) is 0 Å². The summed E-state index contributed by atoms with van der Waals surface area (Å²) in [6.07, 6.45) is 1.59. The van der Waals surface area contributed by atoms with Gasteiger partial charge in [0.2, 0.25) is 0 Å². The van der Waals surface area contributed by atoms with E-state index in [4.69, 9.17) is 0 Å². The normalized spacial score (nSPS) is 11.1. The molecule has 0 spiro atoms. The van der Waals surface area contributed by atoms with E-state index in [1.165, 1.54) is 0 Å². The van der Waals surface area contributed by atoms with Crippen LogP contribution in [0.3, 0.4) is 0 Å². The fourth-order valence-electron chi connectivity index (χ4n) is 0.955. The Morgan fingerprint density at radius 2 is 1.92 bits per heavy atom. The highest BCUT2D eigenvalue weighted by Crippen LogP contribution is 2.01. The van der Waals surface area contributed by atoms with E-state index in [2.05, 4.69) is 5.32 Å². The quantitative estimate of drug-likeness (QED) is 0.562. The van der Waals surface area contributed by atoms with Crippen molar-refractivity contribution in [3.63, 3.8) is 0 Å². The Balaban J connectivity index is 2.81. The van der Waals surface area contributed by atoms with Gasteiger partial charge in [-0.3, -0.25) is 4.79 Å². The lowest BCUT2D eigenvalue weighted by molar-refractivity contribution is 0.104. The molecule has 2 nitrogen and oxygen atoms in total. The Labute approximate surface area is 78.3 Å².